The Bertz CT molecular complexity index is 897. The van der Waals surface area contributed by atoms with Gasteiger partial charge in [0.15, 0.2) is 5.11 Å². The molecule has 0 fully saturated rings. The zero-order valence-electron chi connectivity index (χ0n) is 15.7. The molecule has 0 aliphatic carbocycles. The van der Waals surface area contributed by atoms with Crippen LogP contribution in [0.3, 0.4) is 0 Å². The molecule has 0 radical (unpaired) electrons. The average Bonchev–Trinajstić information content (AvgIpc) is 2.60. The Morgan fingerprint density at radius 2 is 1.74 bits per heavy atom. The molecule has 0 saturated carbocycles. The van der Waals surface area contributed by atoms with E-state index < -0.39 is 10.0 Å². The summed E-state index contributed by atoms with van der Waals surface area (Å²) in [6, 6.07) is 12.6. The maximum absolute atomic E-state index is 13.2. The van der Waals surface area contributed by atoms with Crippen molar-refractivity contribution < 1.29 is 12.8 Å². The van der Waals surface area contributed by atoms with Crippen molar-refractivity contribution in [1.29, 1.82) is 0 Å². The molecule has 5 nitrogen and oxygen atoms in total. The van der Waals surface area contributed by atoms with E-state index in [1.165, 1.54) is 38.4 Å². The smallest absolute Gasteiger partial charge is 0.242 e. The highest BCUT2D eigenvalue weighted by Gasteiger charge is 2.19. The Morgan fingerprint density at radius 1 is 1.11 bits per heavy atom. The van der Waals surface area contributed by atoms with Crippen LogP contribution in [-0.2, 0) is 10.0 Å². The second-order valence-corrected chi connectivity index (χ2v) is 9.25. The van der Waals surface area contributed by atoms with E-state index in [0.717, 1.165) is 9.87 Å². The van der Waals surface area contributed by atoms with E-state index in [-0.39, 0.29) is 22.7 Å². The number of hydrogen-bond donors (Lipinski definition) is 2. The summed E-state index contributed by atoms with van der Waals surface area (Å²) in [7, 11) is -0.557. The molecule has 0 aliphatic rings. The van der Waals surface area contributed by atoms with Gasteiger partial charge < -0.3 is 10.6 Å². The van der Waals surface area contributed by atoms with Crippen molar-refractivity contribution in [3.05, 3.63) is 59.9 Å². The van der Waals surface area contributed by atoms with Crippen molar-refractivity contribution in [2.75, 3.05) is 19.4 Å². The van der Waals surface area contributed by atoms with Gasteiger partial charge in [-0.1, -0.05) is 32.0 Å². The number of benzene rings is 2. The maximum atomic E-state index is 13.2. The van der Waals surface area contributed by atoms with Crippen LogP contribution in [0.15, 0.2) is 53.4 Å². The SMILES string of the molecule is CC(C)[C@@H](NC(=S)Nc1cccc(S(=O)(=O)N(C)C)c1)c1ccc(F)cc1. The third-order valence-corrected chi connectivity index (χ3v) is 6.08. The Hall–Kier alpha value is -2.03. The van der Waals surface area contributed by atoms with E-state index in [2.05, 4.69) is 10.6 Å². The molecule has 27 heavy (non-hydrogen) atoms. The molecule has 146 valence electrons. The van der Waals surface area contributed by atoms with Gasteiger partial charge in [0.2, 0.25) is 10.0 Å². The lowest BCUT2D eigenvalue weighted by molar-refractivity contribution is 0.472. The molecule has 2 N–H and O–H groups in total. The van der Waals surface area contributed by atoms with E-state index in [1.807, 2.05) is 13.8 Å². The average molecular weight is 410 g/mol. The third kappa shape index (κ3) is 5.47. The van der Waals surface area contributed by atoms with Gasteiger partial charge in [-0.3, -0.25) is 0 Å². The molecule has 0 bridgehead atoms. The third-order valence-electron chi connectivity index (χ3n) is 4.05. The standard InChI is InChI=1S/C19H24FN3O2S2/c1-13(2)18(14-8-10-15(20)11-9-14)22-19(26)21-16-6-5-7-17(12-16)27(24,25)23(3)4/h5-13,18H,1-4H3,(H2,21,22,26)/t18-/m1/s1. The zero-order chi connectivity index (χ0) is 20.2. The molecule has 2 rings (SSSR count). The molecule has 0 amide bonds. The minimum Gasteiger partial charge on any atom is -0.355 e. The predicted molar refractivity (Wildman–Crippen MR) is 111 cm³/mol. The van der Waals surface area contributed by atoms with Gasteiger partial charge in [-0.25, -0.2) is 17.1 Å². The molecule has 2 aromatic rings. The van der Waals surface area contributed by atoms with Crippen LogP contribution < -0.4 is 10.6 Å². The quantitative estimate of drug-likeness (QED) is 0.712. The second-order valence-electron chi connectivity index (χ2n) is 6.69. The molecule has 0 spiro atoms. The fourth-order valence-electron chi connectivity index (χ4n) is 2.56. The van der Waals surface area contributed by atoms with Crippen molar-refractivity contribution in [1.82, 2.24) is 9.62 Å². The predicted octanol–water partition coefficient (Wildman–Crippen LogP) is 3.76. The van der Waals surface area contributed by atoms with E-state index in [0.29, 0.717) is 10.8 Å². The first-order valence-corrected chi connectivity index (χ1v) is 10.3. The normalized spacial score (nSPS) is 12.9. The number of sulfonamides is 1. The number of nitrogens with zero attached hydrogens (tertiary/aromatic N) is 1. The number of thiocarbonyl (C=S) groups is 1. The van der Waals surface area contributed by atoms with Gasteiger partial charge in [-0.2, -0.15) is 0 Å². The molecule has 0 unspecified atom stereocenters. The Kier molecular flexibility index (Phi) is 6.91. The van der Waals surface area contributed by atoms with Crippen LogP contribution in [0.5, 0.6) is 0 Å². The summed E-state index contributed by atoms with van der Waals surface area (Å²) in [6.45, 7) is 4.07. The maximum Gasteiger partial charge on any atom is 0.242 e. The van der Waals surface area contributed by atoms with Crippen molar-refractivity contribution in [2.45, 2.75) is 24.8 Å². The summed E-state index contributed by atoms with van der Waals surface area (Å²) >= 11 is 5.39. The number of nitrogens with one attached hydrogen (secondary N) is 2. The van der Waals surface area contributed by atoms with Crippen LogP contribution in [0.4, 0.5) is 10.1 Å². The molecule has 0 saturated heterocycles. The fourth-order valence-corrected chi connectivity index (χ4v) is 3.75. The van der Waals surface area contributed by atoms with E-state index in [9.17, 15) is 12.8 Å². The van der Waals surface area contributed by atoms with Gasteiger partial charge in [0, 0.05) is 19.8 Å². The minimum absolute atomic E-state index is 0.112. The fraction of sp³-hybridized carbons (Fsp3) is 0.316. The summed E-state index contributed by atoms with van der Waals surface area (Å²) in [4.78, 5) is 0.180. The number of anilines is 1. The van der Waals surface area contributed by atoms with E-state index in [1.54, 1.807) is 24.3 Å². The lowest BCUT2D eigenvalue weighted by atomic mass is 9.96. The van der Waals surface area contributed by atoms with Gasteiger partial charge in [-0.15, -0.1) is 0 Å². The minimum atomic E-state index is -3.52. The first-order valence-electron chi connectivity index (χ1n) is 8.47. The highest BCUT2D eigenvalue weighted by atomic mass is 32.2. The molecular weight excluding hydrogens is 385 g/mol. The largest absolute Gasteiger partial charge is 0.355 e. The van der Waals surface area contributed by atoms with Crippen LogP contribution in [0.25, 0.3) is 0 Å². The van der Waals surface area contributed by atoms with Crippen molar-refractivity contribution in [3.63, 3.8) is 0 Å². The number of rotatable bonds is 6. The zero-order valence-corrected chi connectivity index (χ0v) is 17.4. The number of hydrogen-bond acceptors (Lipinski definition) is 3. The van der Waals surface area contributed by atoms with Crippen LogP contribution in [0, 0.1) is 11.7 Å². The molecular formula is C19H24FN3O2S2. The van der Waals surface area contributed by atoms with Crippen molar-refractivity contribution in [2.24, 2.45) is 5.92 Å². The summed E-state index contributed by atoms with van der Waals surface area (Å²) in [5.41, 5.74) is 1.48. The highest BCUT2D eigenvalue weighted by Crippen LogP contribution is 2.23. The summed E-state index contributed by atoms with van der Waals surface area (Å²) in [6.07, 6.45) is 0. The van der Waals surface area contributed by atoms with Crippen LogP contribution >= 0.6 is 12.2 Å². The van der Waals surface area contributed by atoms with Gasteiger partial charge in [-0.05, 0) is 54.0 Å². The molecule has 0 heterocycles. The molecule has 1 atom stereocenters. The first-order chi connectivity index (χ1) is 12.6. The summed E-state index contributed by atoms with van der Waals surface area (Å²) in [5, 5.41) is 6.60. The lowest BCUT2D eigenvalue weighted by Crippen LogP contribution is -2.35. The molecule has 8 heteroatoms. The van der Waals surface area contributed by atoms with E-state index >= 15 is 0 Å². The highest BCUT2D eigenvalue weighted by molar-refractivity contribution is 7.89. The molecule has 0 aliphatic heterocycles. The summed E-state index contributed by atoms with van der Waals surface area (Å²) < 4.78 is 38.9. The van der Waals surface area contributed by atoms with Gasteiger partial charge in [0.05, 0.1) is 10.9 Å². The van der Waals surface area contributed by atoms with Gasteiger partial charge in [0.25, 0.3) is 0 Å². The van der Waals surface area contributed by atoms with Crippen LogP contribution in [-0.4, -0.2) is 31.9 Å². The van der Waals surface area contributed by atoms with Crippen LogP contribution in [0.2, 0.25) is 0 Å². The monoisotopic (exact) mass is 409 g/mol. The Morgan fingerprint density at radius 3 is 2.30 bits per heavy atom. The summed E-state index contributed by atoms with van der Waals surface area (Å²) in [5.74, 6) is -0.0865. The Balaban J connectivity index is 2.15. The first kappa shape index (κ1) is 21.3. The van der Waals surface area contributed by atoms with Crippen molar-refractivity contribution in [3.8, 4) is 0 Å². The van der Waals surface area contributed by atoms with Gasteiger partial charge >= 0.3 is 0 Å². The van der Waals surface area contributed by atoms with Gasteiger partial charge in [0.1, 0.15) is 5.82 Å². The Labute approximate surface area is 165 Å². The molecule has 0 aromatic heterocycles. The van der Waals surface area contributed by atoms with E-state index in [4.69, 9.17) is 12.2 Å². The topological polar surface area (TPSA) is 61.4 Å². The molecule has 2 aromatic carbocycles. The van der Waals surface area contributed by atoms with Crippen LogP contribution in [0.1, 0.15) is 25.5 Å². The lowest BCUT2D eigenvalue weighted by Gasteiger charge is -2.25. The number of halogens is 1. The van der Waals surface area contributed by atoms with Crippen molar-refractivity contribution >= 4 is 33.0 Å². The second kappa shape index (κ2) is 8.77.